The van der Waals surface area contributed by atoms with Gasteiger partial charge in [0, 0.05) is 11.3 Å². The third-order valence-electron chi connectivity index (χ3n) is 3.54. The van der Waals surface area contributed by atoms with Gasteiger partial charge in [-0.15, -0.1) is 0 Å². The SMILES string of the molecule is CSC1(CNCCC(C)C)CCCCC1. The molecule has 0 unspecified atom stereocenters. The van der Waals surface area contributed by atoms with Crippen LogP contribution in [0.1, 0.15) is 52.4 Å². The number of thioether (sulfide) groups is 1. The maximum absolute atomic E-state index is 3.66. The lowest BCUT2D eigenvalue weighted by Gasteiger charge is -2.36. The molecule has 1 aliphatic carbocycles. The topological polar surface area (TPSA) is 12.0 Å². The summed E-state index contributed by atoms with van der Waals surface area (Å²) in [7, 11) is 0. The van der Waals surface area contributed by atoms with Gasteiger partial charge < -0.3 is 5.32 Å². The second-order valence-corrected chi connectivity index (χ2v) is 6.58. The summed E-state index contributed by atoms with van der Waals surface area (Å²) in [6.45, 7) is 7.01. The first-order chi connectivity index (χ1) is 7.18. The van der Waals surface area contributed by atoms with E-state index in [0.29, 0.717) is 4.75 Å². The van der Waals surface area contributed by atoms with E-state index in [1.54, 1.807) is 0 Å². The Morgan fingerprint density at radius 3 is 2.40 bits per heavy atom. The van der Waals surface area contributed by atoms with Crippen molar-refractivity contribution in [2.75, 3.05) is 19.3 Å². The molecule has 0 aromatic heterocycles. The maximum atomic E-state index is 3.66. The van der Waals surface area contributed by atoms with Crippen molar-refractivity contribution in [3.8, 4) is 0 Å². The Balaban J connectivity index is 2.20. The monoisotopic (exact) mass is 229 g/mol. The maximum Gasteiger partial charge on any atom is 0.0281 e. The highest BCUT2D eigenvalue weighted by molar-refractivity contribution is 8.00. The van der Waals surface area contributed by atoms with Gasteiger partial charge in [-0.2, -0.15) is 11.8 Å². The lowest BCUT2D eigenvalue weighted by Crippen LogP contribution is -2.39. The minimum absolute atomic E-state index is 0.565. The standard InChI is InChI=1S/C13H27NS/c1-12(2)7-10-14-11-13(15-3)8-5-4-6-9-13/h12,14H,4-11H2,1-3H3. The van der Waals surface area contributed by atoms with Gasteiger partial charge in [-0.1, -0.05) is 33.1 Å². The predicted molar refractivity (Wildman–Crippen MR) is 71.7 cm³/mol. The Morgan fingerprint density at radius 2 is 1.87 bits per heavy atom. The second-order valence-electron chi connectivity index (χ2n) is 5.31. The van der Waals surface area contributed by atoms with Gasteiger partial charge in [0.05, 0.1) is 0 Å². The van der Waals surface area contributed by atoms with Crippen LogP contribution in [0.15, 0.2) is 0 Å². The molecule has 2 heteroatoms. The molecular formula is C13H27NS. The summed E-state index contributed by atoms with van der Waals surface area (Å²) in [5.41, 5.74) is 0. The minimum atomic E-state index is 0.565. The number of nitrogens with one attached hydrogen (secondary N) is 1. The van der Waals surface area contributed by atoms with E-state index in [0.717, 1.165) is 5.92 Å². The molecule has 0 aromatic rings. The highest BCUT2D eigenvalue weighted by atomic mass is 32.2. The van der Waals surface area contributed by atoms with Crippen LogP contribution in [-0.4, -0.2) is 24.1 Å². The van der Waals surface area contributed by atoms with E-state index in [1.165, 1.54) is 51.6 Å². The van der Waals surface area contributed by atoms with Crippen molar-refractivity contribution >= 4 is 11.8 Å². The van der Waals surface area contributed by atoms with E-state index in [2.05, 4.69) is 37.2 Å². The summed E-state index contributed by atoms with van der Waals surface area (Å²) in [4.78, 5) is 0. The summed E-state index contributed by atoms with van der Waals surface area (Å²) in [5.74, 6) is 0.828. The normalized spacial score (nSPS) is 20.8. The molecule has 1 rings (SSSR count). The molecule has 1 nitrogen and oxygen atoms in total. The Bertz CT molecular complexity index is 162. The first kappa shape index (κ1) is 13.4. The van der Waals surface area contributed by atoms with Gasteiger partial charge in [0.15, 0.2) is 0 Å². The van der Waals surface area contributed by atoms with Crippen LogP contribution in [0.2, 0.25) is 0 Å². The molecule has 0 amide bonds. The van der Waals surface area contributed by atoms with E-state index < -0.39 is 0 Å². The summed E-state index contributed by atoms with van der Waals surface area (Å²) < 4.78 is 0.565. The molecule has 90 valence electrons. The summed E-state index contributed by atoms with van der Waals surface area (Å²) in [6, 6.07) is 0. The average Bonchev–Trinajstić information content (AvgIpc) is 2.26. The third-order valence-corrected chi connectivity index (χ3v) is 4.96. The van der Waals surface area contributed by atoms with E-state index >= 15 is 0 Å². The van der Waals surface area contributed by atoms with Crippen molar-refractivity contribution in [3.05, 3.63) is 0 Å². The van der Waals surface area contributed by atoms with Crippen molar-refractivity contribution in [3.63, 3.8) is 0 Å². The second kappa shape index (κ2) is 6.80. The summed E-state index contributed by atoms with van der Waals surface area (Å²) in [5, 5.41) is 3.66. The fourth-order valence-corrected chi connectivity index (χ4v) is 3.30. The molecule has 1 fully saturated rings. The Kier molecular flexibility index (Phi) is 6.06. The van der Waals surface area contributed by atoms with Crippen molar-refractivity contribution < 1.29 is 0 Å². The molecule has 0 heterocycles. The molecule has 0 atom stereocenters. The molecule has 1 N–H and O–H groups in total. The van der Waals surface area contributed by atoms with Gasteiger partial charge in [-0.3, -0.25) is 0 Å². The van der Waals surface area contributed by atoms with E-state index in [9.17, 15) is 0 Å². The fraction of sp³-hybridized carbons (Fsp3) is 1.00. The van der Waals surface area contributed by atoms with Gasteiger partial charge in [-0.05, 0) is 38.0 Å². The van der Waals surface area contributed by atoms with Crippen LogP contribution in [-0.2, 0) is 0 Å². The highest BCUT2D eigenvalue weighted by Crippen LogP contribution is 2.37. The largest absolute Gasteiger partial charge is 0.315 e. The van der Waals surface area contributed by atoms with Crippen LogP contribution >= 0.6 is 11.8 Å². The molecule has 0 radical (unpaired) electrons. The smallest absolute Gasteiger partial charge is 0.0281 e. The first-order valence-electron chi connectivity index (χ1n) is 6.44. The van der Waals surface area contributed by atoms with Gasteiger partial charge in [0.1, 0.15) is 0 Å². The highest BCUT2D eigenvalue weighted by Gasteiger charge is 2.30. The zero-order valence-corrected chi connectivity index (χ0v) is 11.5. The van der Waals surface area contributed by atoms with Crippen LogP contribution in [0.3, 0.4) is 0 Å². The molecule has 0 spiro atoms. The lowest BCUT2D eigenvalue weighted by molar-refractivity contribution is 0.375. The van der Waals surface area contributed by atoms with Crippen LogP contribution in [0.25, 0.3) is 0 Å². The number of rotatable bonds is 6. The van der Waals surface area contributed by atoms with Crippen LogP contribution in [0.5, 0.6) is 0 Å². The molecule has 0 aliphatic heterocycles. The quantitative estimate of drug-likeness (QED) is 0.697. The Morgan fingerprint density at radius 1 is 1.20 bits per heavy atom. The van der Waals surface area contributed by atoms with Crippen molar-refractivity contribution in [1.29, 1.82) is 0 Å². The third kappa shape index (κ3) is 4.78. The van der Waals surface area contributed by atoms with Gasteiger partial charge >= 0.3 is 0 Å². The number of hydrogen-bond acceptors (Lipinski definition) is 2. The van der Waals surface area contributed by atoms with Crippen LogP contribution in [0, 0.1) is 5.92 Å². The molecular weight excluding hydrogens is 202 g/mol. The fourth-order valence-electron chi connectivity index (χ4n) is 2.36. The molecule has 0 saturated heterocycles. The summed E-state index contributed by atoms with van der Waals surface area (Å²) in [6.07, 6.45) is 10.8. The minimum Gasteiger partial charge on any atom is -0.315 e. The summed E-state index contributed by atoms with van der Waals surface area (Å²) >= 11 is 2.09. The molecule has 1 aliphatic rings. The zero-order chi connectivity index (χ0) is 11.1. The predicted octanol–water partition coefficient (Wildman–Crippen LogP) is 3.69. The first-order valence-corrected chi connectivity index (χ1v) is 7.67. The zero-order valence-electron chi connectivity index (χ0n) is 10.6. The molecule has 0 aromatic carbocycles. The van der Waals surface area contributed by atoms with Crippen LogP contribution in [0.4, 0.5) is 0 Å². The molecule has 0 bridgehead atoms. The Hall–Kier alpha value is 0.310. The van der Waals surface area contributed by atoms with Gasteiger partial charge in [0.2, 0.25) is 0 Å². The van der Waals surface area contributed by atoms with Gasteiger partial charge in [0.25, 0.3) is 0 Å². The van der Waals surface area contributed by atoms with E-state index in [-0.39, 0.29) is 0 Å². The molecule has 15 heavy (non-hydrogen) atoms. The van der Waals surface area contributed by atoms with Crippen molar-refractivity contribution in [1.82, 2.24) is 5.32 Å². The average molecular weight is 229 g/mol. The number of hydrogen-bond donors (Lipinski definition) is 1. The van der Waals surface area contributed by atoms with Crippen LogP contribution < -0.4 is 5.32 Å². The van der Waals surface area contributed by atoms with E-state index in [1.807, 2.05) is 0 Å². The molecule has 1 saturated carbocycles. The lowest BCUT2D eigenvalue weighted by atomic mass is 9.88. The van der Waals surface area contributed by atoms with E-state index in [4.69, 9.17) is 0 Å². The van der Waals surface area contributed by atoms with Crippen molar-refractivity contribution in [2.24, 2.45) is 5.92 Å². The van der Waals surface area contributed by atoms with Gasteiger partial charge in [-0.25, -0.2) is 0 Å². The Labute approximate surface area is 99.8 Å². The van der Waals surface area contributed by atoms with Crippen molar-refractivity contribution in [2.45, 2.75) is 57.1 Å².